The average Bonchev–Trinajstić information content (AvgIpc) is 3.07. The second-order valence-corrected chi connectivity index (χ2v) is 7.00. The van der Waals surface area contributed by atoms with Gasteiger partial charge in [-0.2, -0.15) is 0 Å². The van der Waals surface area contributed by atoms with E-state index in [0.717, 1.165) is 23.7 Å². The van der Waals surface area contributed by atoms with Crippen molar-refractivity contribution in [3.05, 3.63) is 46.8 Å². The number of piperidine rings is 1. The Morgan fingerprint density at radius 1 is 1.39 bits per heavy atom. The monoisotopic (exact) mass is 331 g/mol. The number of nitrogens with zero attached hydrogens (tertiary/aromatic N) is 2. The fraction of sp³-hybridized carbons (Fsp3) is 0.412. The number of carbonyl (C=O) groups excluding carboxylic acids is 1. The maximum atomic E-state index is 12.0. The maximum absolute atomic E-state index is 12.0. The van der Waals surface area contributed by atoms with Gasteiger partial charge in [0.25, 0.3) is 0 Å². The van der Waals surface area contributed by atoms with E-state index in [9.17, 15) is 9.90 Å². The van der Waals surface area contributed by atoms with E-state index in [1.807, 2.05) is 35.7 Å². The third kappa shape index (κ3) is 4.30. The van der Waals surface area contributed by atoms with Crippen LogP contribution in [0.1, 0.15) is 17.7 Å². The Hall–Kier alpha value is -1.92. The number of aromatic nitrogens is 1. The Kier molecular flexibility index (Phi) is 4.93. The third-order valence-electron chi connectivity index (χ3n) is 4.06. The molecule has 23 heavy (non-hydrogen) atoms. The Morgan fingerprint density at radius 2 is 2.30 bits per heavy atom. The van der Waals surface area contributed by atoms with Gasteiger partial charge in [-0.25, -0.2) is 4.98 Å². The second kappa shape index (κ2) is 7.10. The van der Waals surface area contributed by atoms with Crippen LogP contribution in [0.15, 0.2) is 41.9 Å². The van der Waals surface area contributed by atoms with E-state index in [2.05, 4.69) is 15.2 Å². The first-order valence-electron chi connectivity index (χ1n) is 7.82. The quantitative estimate of drug-likeness (QED) is 0.877. The molecule has 122 valence electrons. The summed E-state index contributed by atoms with van der Waals surface area (Å²) in [6.07, 6.45) is 3.70. The lowest BCUT2D eigenvalue weighted by Gasteiger charge is -2.39. The van der Waals surface area contributed by atoms with Gasteiger partial charge in [-0.05, 0) is 36.4 Å². The smallest absolute Gasteiger partial charge is 0.225 e. The number of carbonyl (C=O) groups is 1. The molecule has 1 fully saturated rings. The Bertz CT molecular complexity index is 633. The van der Waals surface area contributed by atoms with E-state index < -0.39 is 5.60 Å². The molecule has 3 rings (SSSR count). The fourth-order valence-corrected chi connectivity index (χ4v) is 3.59. The number of pyridine rings is 1. The van der Waals surface area contributed by atoms with E-state index in [1.165, 1.54) is 0 Å². The largest absolute Gasteiger partial charge is 0.386 e. The summed E-state index contributed by atoms with van der Waals surface area (Å²) in [4.78, 5) is 19.5. The van der Waals surface area contributed by atoms with Gasteiger partial charge in [-0.3, -0.25) is 4.79 Å². The average molecular weight is 331 g/mol. The molecule has 0 aromatic carbocycles. The zero-order chi connectivity index (χ0) is 16.1. The molecule has 0 saturated carbocycles. The Labute approximate surface area is 140 Å². The second-order valence-electron chi connectivity index (χ2n) is 5.97. The van der Waals surface area contributed by atoms with Crippen molar-refractivity contribution in [2.24, 2.45) is 0 Å². The summed E-state index contributed by atoms with van der Waals surface area (Å²) in [5.41, 5.74) is -0.902. The van der Waals surface area contributed by atoms with Gasteiger partial charge in [-0.1, -0.05) is 12.1 Å². The highest BCUT2D eigenvalue weighted by Crippen LogP contribution is 2.24. The van der Waals surface area contributed by atoms with Crippen molar-refractivity contribution in [3.63, 3.8) is 0 Å². The molecule has 2 aromatic heterocycles. The summed E-state index contributed by atoms with van der Waals surface area (Å²) in [6, 6.07) is 9.65. The number of rotatable bonds is 5. The maximum Gasteiger partial charge on any atom is 0.225 e. The molecule has 6 heteroatoms. The first kappa shape index (κ1) is 16.0. The van der Waals surface area contributed by atoms with Gasteiger partial charge >= 0.3 is 0 Å². The van der Waals surface area contributed by atoms with Gasteiger partial charge in [0.1, 0.15) is 5.82 Å². The van der Waals surface area contributed by atoms with Crippen LogP contribution < -0.4 is 10.2 Å². The first-order chi connectivity index (χ1) is 11.1. The highest BCUT2D eigenvalue weighted by atomic mass is 32.1. The summed E-state index contributed by atoms with van der Waals surface area (Å²) in [5.74, 6) is 0.825. The molecular formula is C17H21N3O2S. The molecule has 1 amide bonds. The molecule has 2 N–H and O–H groups in total. The zero-order valence-corrected chi connectivity index (χ0v) is 13.8. The molecule has 1 saturated heterocycles. The van der Waals surface area contributed by atoms with Gasteiger partial charge in [-0.15, -0.1) is 11.3 Å². The number of β-amino-alcohol motifs (C(OH)–C–C–N with tert-alkyl or cyclic N) is 1. The zero-order valence-electron chi connectivity index (χ0n) is 12.9. The van der Waals surface area contributed by atoms with Crippen LogP contribution in [-0.2, 0) is 11.2 Å². The fourth-order valence-electron chi connectivity index (χ4n) is 2.89. The van der Waals surface area contributed by atoms with Crippen LogP contribution in [0.2, 0.25) is 0 Å². The van der Waals surface area contributed by atoms with Crippen molar-refractivity contribution >= 4 is 23.1 Å². The van der Waals surface area contributed by atoms with Gasteiger partial charge in [0, 0.05) is 30.7 Å². The van der Waals surface area contributed by atoms with Crippen molar-refractivity contribution in [3.8, 4) is 0 Å². The van der Waals surface area contributed by atoms with Crippen molar-refractivity contribution in [1.29, 1.82) is 0 Å². The lowest BCUT2D eigenvalue weighted by molar-refractivity contribution is -0.121. The highest BCUT2D eigenvalue weighted by molar-refractivity contribution is 7.10. The first-order valence-corrected chi connectivity index (χ1v) is 8.70. The molecule has 1 aliphatic rings. The minimum atomic E-state index is -0.902. The van der Waals surface area contributed by atoms with Crippen LogP contribution in [0.4, 0.5) is 5.82 Å². The summed E-state index contributed by atoms with van der Waals surface area (Å²) in [7, 11) is 0. The van der Waals surface area contributed by atoms with Gasteiger partial charge in [0.2, 0.25) is 5.91 Å². The van der Waals surface area contributed by atoms with Gasteiger partial charge in [0.15, 0.2) is 0 Å². The number of hydrogen-bond acceptors (Lipinski definition) is 5. The number of amides is 1. The molecule has 0 spiro atoms. The summed E-state index contributed by atoms with van der Waals surface area (Å²) >= 11 is 1.57. The van der Waals surface area contributed by atoms with Crippen LogP contribution in [0.5, 0.6) is 0 Å². The minimum Gasteiger partial charge on any atom is -0.386 e. The Balaban J connectivity index is 1.55. The van der Waals surface area contributed by atoms with E-state index in [4.69, 9.17) is 0 Å². The lowest BCUT2D eigenvalue weighted by atomic mass is 9.92. The molecular weight excluding hydrogens is 310 g/mol. The molecule has 0 radical (unpaired) electrons. The normalized spacial score (nSPS) is 21.2. The van der Waals surface area contributed by atoms with Crippen LogP contribution in [0, 0.1) is 0 Å². The highest BCUT2D eigenvalue weighted by Gasteiger charge is 2.34. The molecule has 0 bridgehead atoms. The van der Waals surface area contributed by atoms with Crippen LogP contribution in [0.3, 0.4) is 0 Å². The number of hydrogen-bond donors (Lipinski definition) is 2. The summed E-state index contributed by atoms with van der Waals surface area (Å²) < 4.78 is 0. The van der Waals surface area contributed by atoms with Crippen LogP contribution in [-0.4, -0.2) is 41.2 Å². The van der Waals surface area contributed by atoms with E-state index in [0.29, 0.717) is 19.4 Å². The Morgan fingerprint density at radius 3 is 3.04 bits per heavy atom. The molecule has 3 heterocycles. The van der Waals surface area contributed by atoms with Crippen molar-refractivity contribution in [1.82, 2.24) is 10.3 Å². The van der Waals surface area contributed by atoms with E-state index >= 15 is 0 Å². The van der Waals surface area contributed by atoms with Crippen molar-refractivity contribution in [2.45, 2.75) is 24.9 Å². The lowest BCUT2D eigenvalue weighted by Crippen LogP contribution is -2.54. The number of thiophene rings is 1. The van der Waals surface area contributed by atoms with Crippen LogP contribution in [0.25, 0.3) is 0 Å². The summed E-state index contributed by atoms with van der Waals surface area (Å²) in [6.45, 7) is 1.65. The van der Waals surface area contributed by atoms with E-state index in [-0.39, 0.29) is 12.5 Å². The van der Waals surface area contributed by atoms with Crippen molar-refractivity contribution in [2.75, 3.05) is 24.5 Å². The summed E-state index contributed by atoms with van der Waals surface area (Å²) in [5, 5.41) is 15.6. The number of aliphatic hydroxyl groups is 1. The van der Waals surface area contributed by atoms with Crippen molar-refractivity contribution < 1.29 is 9.90 Å². The molecule has 5 nitrogen and oxygen atoms in total. The molecule has 1 atom stereocenters. The van der Waals surface area contributed by atoms with E-state index in [1.54, 1.807) is 17.5 Å². The third-order valence-corrected chi connectivity index (χ3v) is 4.93. The predicted octanol–water partition coefficient (Wildman–Crippen LogP) is 1.83. The SMILES string of the molecule is O=C(Cc1cccs1)NC[C@@]1(O)CCCN(c2ccccn2)C1. The van der Waals surface area contributed by atoms with Gasteiger partial charge < -0.3 is 15.3 Å². The topological polar surface area (TPSA) is 65.5 Å². The molecule has 1 aliphatic heterocycles. The molecule has 2 aromatic rings. The molecule has 0 aliphatic carbocycles. The van der Waals surface area contributed by atoms with Gasteiger partial charge in [0.05, 0.1) is 12.0 Å². The van der Waals surface area contributed by atoms with Crippen LogP contribution >= 0.6 is 11.3 Å². The standard InChI is InChI=1S/C17H21N3O2S/c21-16(11-14-5-3-10-23-14)19-12-17(22)7-4-9-20(13-17)15-6-1-2-8-18-15/h1-3,5-6,8,10,22H,4,7,9,11-13H2,(H,19,21)/t17-/m0/s1. The number of anilines is 1. The minimum absolute atomic E-state index is 0.0455. The predicted molar refractivity (Wildman–Crippen MR) is 91.7 cm³/mol. The number of nitrogens with one attached hydrogen (secondary N) is 1. The molecule has 0 unspecified atom stereocenters.